The van der Waals surface area contributed by atoms with Crippen molar-refractivity contribution in [1.29, 1.82) is 0 Å². The van der Waals surface area contributed by atoms with E-state index in [2.05, 4.69) is 13.8 Å². The van der Waals surface area contributed by atoms with Crippen molar-refractivity contribution in [2.75, 3.05) is 0 Å². The third-order valence-electron chi connectivity index (χ3n) is 3.46. The maximum atomic E-state index is 8.55. The van der Waals surface area contributed by atoms with Crippen LogP contribution in [0.3, 0.4) is 0 Å². The summed E-state index contributed by atoms with van der Waals surface area (Å²) >= 11 is 0. The number of phosphoric acid groups is 1. The molecular weight excluding hydrogens is 404 g/mol. The Labute approximate surface area is 278 Å². The quantitative estimate of drug-likeness (QED) is 0.163. The average Bonchev–Trinajstić information content (AvgIpc) is 2.38. The summed E-state index contributed by atoms with van der Waals surface area (Å²) in [5.41, 5.74) is 0. The molecule has 0 spiro atoms. The van der Waals surface area contributed by atoms with Gasteiger partial charge in [-0.05, 0) is 0 Å². The largest absolute Gasteiger partial charge is 1.00 e. The van der Waals surface area contributed by atoms with Crippen LogP contribution in [0, 0.1) is 0 Å². The van der Waals surface area contributed by atoms with Crippen molar-refractivity contribution in [3.63, 3.8) is 0 Å². The fourth-order valence-corrected chi connectivity index (χ4v) is 2.27. The van der Waals surface area contributed by atoms with E-state index >= 15 is 0 Å². The van der Waals surface area contributed by atoms with Crippen LogP contribution in [0.2, 0.25) is 0 Å². The summed E-state index contributed by atoms with van der Waals surface area (Å²) in [6, 6.07) is 0. The van der Waals surface area contributed by atoms with Gasteiger partial charge in [0.15, 0.2) is 0 Å². The number of unbranched alkanes of at least 4 members (excludes halogenated alkanes) is 13. The van der Waals surface area contributed by atoms with Crippen LogP contribution in [0.4, 0.5) is 0 Å². The molecule has 0 saturated heterocycles. The maximum absolute atomic E-state index is 8.55. The second-order valence-corrected chi connectivity index (χ2v) is 6.58. The molecule has 8 heteroatoms. The molecule has 0 aliphatic rings. The Morgan fingerprint density at radius 2 is 0.625 bits per heavy atom. The van der Waals surface area contributed by atoms with E-state index in [1.54, 1.807) is 0 Å². The molecule has 0 amide bonds. The molecule has 4 nitrogen and oxygen atoms in total. The van der Waals surface area contributed by atoms with E-state index in [1.165, 1.54) is 89.9 Å². The van der Waals surface area contributed by atoms with E-state index in [4.69, 9.17) is 19.2 Å². The van der Waals surface area contributed by atoms with Crippen molar-refractivity contribution in [3.05, 3.63) is 0 Å². The summed E-state index contributed by atoms with van der Waals surface area (Å²) in [4.78, 5) is 25.6. The van der Waals surface area contributed by atoms with Gasteiger partial charge < -0.3 is 19.2 Å². The molecule has 0 fully saturated rings. The molecule has 0 N–H and O–H groups in total. The molecule has 0 radical (unpaired) electrons. The fraction of sp³-hybridized carbons (Fsp3) is 1.00. The second kappa shape index (κ2) is 32.7. The minimum Gasteiger partial charge on any atom is -0.822 e. The molecule has 0 aromatic carbocycles. The van der Waals surface area contributed by atoms with Gasteiger partial charge in [-0.15, -0.1) is 0 Å². The van der Waals surface area contributed by atoms with Gasteiger partial charge in [-0.3, -0.25) is 0 Å². The first kappa shape index (κ1) is 39.5. The first-order chi connectivity index (χ1) is 9.91. The third kappa shape index (κ3) is 56.3. The van der Waals surface area contributed by atoms with Gasteiger partial charge in [0.25, 0.3) is 0 Å². The molecule has 0 aliphatic heterocycles. The summed E-state index contributed by atoms with van der Waals surface area (Å²) in [5.74, 6) is 0. The predicted molar refractivity (Wildman–Crippen MR) is 83.6 cm³/mol. The van der Waals surface area contributed by atoms with Gasteiger partial charge in [-0.2, -0.15) is 7.82 Å². The zero-order valence-electron chi connectivity index (χ0n) is 17.0. The van der Waals surface area contributed by atoms with Gasteiger partial charge in [0.2, 0.25) is 0 Å². The zero-order valence-corrected chi connectivity index (χ0v) is 27.2. The standard InChI is InChI=1S/C16H34.3K.H3O4P/c1-3-5-7-9-11-13-15-16-14-12-10-8-6-4-2;;;;1-5(2,3)4/h3-16H2,1-2H3;;;;(H3,1,2,3,4)/q;3*+1;/p-3. The Morgan fingerprint density at radius 1 is 0.500 bits per heavy atom. The minimum atomic E-state index is -5.39. The van der Waals surface area contributed by atoms with Gasteiger partial charge in [0.05, 0.1) is 0 Å². The van der Waals surface area contributed by atoms with E-state index in [9.17, 15) is 0 Å². The molecule has 0 aliphatic carbocycles. The van der Waals surface area contributed by atoms with Crippen molar-refractivity contribution in [2.24, 2.45) is 0 Å². The van der Waals surface area contributed by atoms with E-state index < -0.39 is 7.82 Å². The van der Waals surface area contributed by atoms with E-state index in [-0.39, 0.29) is 154 Å². The van der Waals surface area contributed by atoms with Gasteiger partial charge in [-0.25, -0.2) is 0 Å². The van der Waals surface area contributed by atoms with Crippen LogP contribution in [0.1, 0.15) is 104 Å². The Balaban J connectivity index is -0.000000132. The summed E-state index contributed by atoms with van der Waals surface area (Å²) < 4.78 is 8.55. The molecule has 0 saturated carbocycles. The van der Waals surface area contributed by atoms with Crippen molar-refractivity contribution < 1.29 is 173 Å². The molecule has 130 valence electrons. The summed E-state index contributed by atoms with van der Waals surface area (Å²) in [6.07, 6.45) is 20.4. The topological polar surface area (TPSA) is 86.2 Å². The molecule has 0 aromatic heterocycles. The van der Waals surface area contributed by atoms with Crippen LogP contribution < -0.4 is 169 Å². The Bertz CT molecular complexity index is 219. The molecule has 0 heterocycles. The molecule has 0 atom stereocenters. The van der Waals surface area contributed by atoms with Gasteiger partial charge in [0, 0.05) is 0 Å². The van der Waals surface area contributed by atoms with Crippen LogP contribution in [0.5, 0.6) is 0 Å². The monoisotopic (exact) mass is 438 g/mol. The summed E-state index contributed by atoms with van der Waals surface area (Å²) in [6.45, 7) is 4.58. The van der Waals surface area contributed by atoms with Crippen molar-refractivity contribution in [2.45, 2.75) is 104 Å². The van der Waals surface area contributed by atoms with Gasteiger partial charge in [0.1, 0.15) is 0 Å². The summed E-state index contributed by atoms with van der Waals surface area (Å²) in [5, 5.41) is 0. The van der Waals surface area contributed by atoms with Crippen molar-refractivity contribution >= 4 is 7.82 Å². The van der Waals surface area contributed by atoms with Crippen molar-refractivity contribution in [3.8, 4) is 0 Å². The Morgan fingerprint density at radius 3 is 0.750 bits per heavy atom. The molecule has 0 rings (SSSR count). The smallest absolute Gasteiger partial charge is 0.822 e. The fourth-order valence-electron chi connectivity index (χ4n) is 2.27. The van der Waals surface area contributed by atoms with Gasteiger partial charge in [-0.1, -0.05) is 104 Å². The normalized spacial score (nSPS) is 9.71. The van der Waals surface area contributed by atoms with Crippen LogP contribution in [0.15, 0.2) is 0 Å². The average molecular weight is 439 g/mol. The number of rotatable bonds is 13. The molecular formula is C16H34K3O4P. The zero-order chi connectivity index (χ0) is 16.4. The molecule has 0 unspecified atom stereocenters. The van der Waals surface area contributed by atoms with Gasteiger partial charge >= 0.3 is 154 Å². The Kier molecular flexibility index (Phi) is 53.8. The van der Waals surface area contributed by atoms with Crippen LogP contribution >= 0.6 is 7.82 Å². The Hall–Kier alpha value is 5.02. The van der Waals surface area contributed by atoms with E-state index in [0.717, 1.165) is 0 Å². The SMILES string of the molecule is CCCCCCCCCCCCCCCC.O=P([O-])([O-])[O-].[K+].[K+].[K+]. The third-order valence-corrected chi connectivity index (χ3v) is 3.46. The molecule has 0 bridgehead atoms. The van der Waals surface area contributed by atoms with Crippen LogP contribution in [0.25, 0.3) is 0 Å². The van der Waals surface area contributed by atoms with Crippen molar-refractivity contribution in [1.82, 2.24) is 0 Å². The van der Waals surface area contributed by atoms with Crippen LogP contribution in [-0.4, -0.2) is 0 Å². The molecule has 0 aromatic rings. The minimum absolute atomic E-state index is 0. The first-order valence-electron chi connectivity index (χ1n) is 8.64. The predicted octanol–water partition coefficient (Wildman–Crippen LogP) is -5.33. The summed E-state index contributed by atoms with van der Waals surface area (Å²) in [7, 11) is -5.39. The van der Waals surface area contributed by atoms with Crippen LogP contribution in [-0.2, 0) is 4.57 Å². The maximum Gasteiger partial charge on any atom is 1.00 e. The first-order valence-corrected chi connectivity index (χ1v) is 10.1. The second-order valence-electron chi connectivity index (χ2n) is 5.69. The number of hydrogen-bond donors (Lipinski definition) is 0. The van der Waals surface area contributed by atoms with E-state index in [1.807, 2.05) is 0 Å². The van der Waals surface area contributed by atoms with E-state index in [0.29, 0.717) is 0 Å². The number of hydrogen-bond acceptors (Lipinski definition) is 4. The molecule has 24 heavy (non-hydrogen) atoms.